The van der Waals surface area contributed by atoms with Crippen LogP contribution in [0.2, 0.25) is 10.0 Å². The van der Waals surface area contributed by atoms with Crippen LogP contribution in [-0.4, -0.2) is 19.1 Å². The van der Waals surface area contributed by atoms with Crippen molar-refractivity contribution in [2.24, 2.45) is 5.92 Å². The Morgan fingerprint density at radius 2 is 2.00 bits per heavy atom. The lowest BCUT2D eigenvalue weighted by atomic mass is 10.0. The summed E-state index contributed by atoms with van der Waals surface area (Å²) in [6.07, 6.45) is 2.11. The van der Waals surface area contributed by atoms with E-state index >= 15 is 0 Å². The monoisotopic (exact) mass is 303 g/mol. The van der Waals surface area contributed by atoms with E-state index in [1.165, 1.54) is 0 Å². The van der Waals surface area contributed by atoms with Gasteiger partial charge in [0, 0.05) is 11.6 Å². The minimum absolute atomic E-state index is 0.0402. The molecule has 0 saturated carbocycles. The van der Waals surface area contributed by atoms with Gasteiger partial charge in [0.25, 0.3) is 5.91 Å². The van der Waals surface area contributed by atoms with E-state index in [9.17, 15) is 4.79 Å². The van der Waals surface area contributed by atoms with E-state index in [0.717, 1.165) is 12.8 Å². The quantitative estimate of drug-likeness (QED) is 0.829. The fraction of sp³-hybridized carbons (Fsp3) is 0.500. The van der Waals surface area contributed by atoms with Gasteiger partial charge in [-0.05, 0) is 24.1 Å². The molecule has 106 valence electrons. The number of hydrogen-bond acceptors (Lipinski definition) is 2. The average Bonchev–Trinajstić information content (AvgIpc) is 2.39. The van der Waals surface area contributed by atoms with Gasteiger partial charge in [0.15, 0.2) is 6.61 Å². The van der Waals surface area contributed by atoms with E-state index in [1.54, 1.807) is 18.2 Å². The molecule has 0 aliphatic carbocycles. The minimum atomic E-state index is -0.141. The van der Waals surface area contributed by atoms with Crippen LogP contribution in [0.3, 0.4) is 0 Å². The smallest absolute Gasteiger partial charge is 0.257 e. The first-order chi connectivity index (χ1) is 9.06. The summed E-state index contributed by atoms with van der Waals surface area (Å²) < 4.78 is 5.35. The van der Waals surface area contributed by atoms with Crippen molar-refractivity contribution in [2.45, 2.75) is 26.7 Å². The van der Waals surface area contributed by atoms with Crippen molar-refractivity contribution >= 4 is 29.1 Å². The molecule has 0 aromatic heterocycles. The molecule has 0 heterocycles. The highest BCUT2D eigenvalue weighted by Gasteiger charge is 2.08. The molecule has 0 aliphatic heterocycles. The molecular weight excluding hydrogens is 285 g/mol. The van der Waals surface area contributed by atoms with Crippen LogP contribution in [0.1, 0.15) is 26.7 Å². The van der Waals surface area contributed by atoms with Gasteiger partial charge in [-0.15, -0.1) is 0 Å². The first kappa shape index (κ1) is 16.1. The lowest BCUT2D eigenvalue weighted by Crippen LogP contribution is -2.32. The summed E-state index contributed by atoms with van der Waals surface area (Å²) in [6, 6.07) is 4.91. The van der Waals surface area contributed by atoms with Gasteiger partial charge in [-0.2, -0.15) is 0 Å². The van der Waals surface area contributed by atoms with Crippen LogP contribution in [0.15, 0.2) is 18.2 Å². The topological polar surface area (TPSA) is 38.3 Å². The Morgan fingerprint density at radius 3 is 2.58 bits per heavy atom. The first-order valence-electron chi connectivity index (χ1n) is 6.41. The summed E-state index contributed by atoms with van der Waals surface area (Å²) in [7, 11) is 0. The van der Waals surface area contributed by atoms with Crippen molar-refractivity contribution in [3.63, 3.8) is 0 Å². The second-order valence-electron chi connectivity index (χ2n) is 4.35. The molecule has 0 aliphatic rings. The van der Waals surface area contributed by atoms with Crippen LogP contribution in [0.5, 0.6) is 5.75 Å². The molecule has 3 nitrogen and oxygen atoms in total. The Hall–Kier alpha value is -0.930. The summed E-state index contributed by atoms with van der Waals surface area (Å²) >= 11 is 11.7. The van der Waals surface area contributed by atoms with Crippen LogP contribution < -0.4 is 10.1 Å². The molecule has 1 rings (SSSR count). The zero-order chi connectivity index (χ0) is 14.3. The number of hydrogen-bond donors (Lipinski definition) is 1. The summed E-state index contributed by atoms with van der Waals surface area (Å²) in [5.41, 5.74) is 0. The largest absolute Gasteiger partial charge is 0.482 e. The molecule has 1 amide bonds. The van der Waals surface area contributed by atoms with Crippen molar-refractivity contribution in [2.75, 3.05) is 13.2 Å². The molecular formula is C14H19Cl2NO2. The van der Waals surface area contributed by atoms with Crippen molar-refractivity contribution in [3.8, 4) is 5.75 Å². The maximum atomic E-state index is 11.6. The third-order valence-corrected chi connectivity index (χ3v) is 3.53. The molecule has 0 unspecified atom stereocenters. The van der Waals surface area contributed by atoms with Crippen LogP contribution in [0.4, 0.5) is 0 Å². The predicted octanol–water partition coefficient (Wildman–Crippen LogP) is 3.92. The minimum Gasteiger partial charge on any atom is -0.482 e. The maximum Gasteiger partial charge on any atom is 0.257 e. The molecule has 5 heteroatoms. The normalized spacial score (nSPS) is 10.6. The van der Waals surface area contributed by atoms with Crippen LogP contribution in [-0.2, 0) is 4.79 Å². The zero-order valence-corrected chi connectivity index (χ0v) is 12.7. The van der Waals surface area contributed by atoms with Crippen molar-refractivity contribution < 1.29 is 9.53 Å². The van der Waals surface area contributed by atoms with Gasteiger partial charge in [0.2, 0.25) is 0 Å². The molecule has 1 aromatic rings. The van der Waals surface area contributed by atoms with Gasteiger partial charge < -0.3 is 10.1 Å². The lowest BCUT2D eigenvalue weighted by molar-refractivity contribution is -0.123. The molecule has 0 spiro atoms. The Bertz CT molecular complexity index is 420. The van der Waals surface area contributed by atoms with Gasteiger partial charge in [0.1, 0.15) is 5.75 Å². The molecule has 0 saturated heterocycles. The SMILES string of the molecule is CCC(CC)CNC(=O)COc1ccc(Cl)cc1Cl. The Kier molecular flexibility index (Phi) is 7.03. The van der Waals surface area contributed by atoms with Crippen molar-refractivity contribution in [1.82, 2.24) is 5.32 Å². The number of nitrogens with one attached hydrogen (secondary N) is 1. The molecule has 0 fully saturated rings. The molecule has 1 aromatic carbocycles. The summed E-state index contributed by atoms with van der Waals surface area (Å²) in [4.78, 5) is 11.6. The number of amides is 1. The fourth-order valence-corrected chi connectivity index (χ4v) is 2.09. The summed E-state index contributed by atoms with van der Waals surface area (Å²) in [6.45, 7) is 4.87. The molecule has 0 bridgehead atoms. The van der Waals surface area contributed by atoms with E-state index in [-0.39, 0.29) is 12.5 Å². The summed E-state index contributed by atoms with van der Waals surface area (Å²) in [5, 5.41) is 3.79. The zero-order valence-electron chi connectivity index (χ0n) is 11.2. The standard InChI is InChI=1S/C14H19Cl2NO2/c1-3-10(4-2)8-17-14(18)9-19-13-6-5-11(15)7-12(13)16/h5-7,10H,3-4,8-9H2,1-2H3,(H,17,18). The Balaban J connectivity index is 2.37. The van der Waals surface area contributed by atoms with Crippen molar-refractivity contribution in [3.05, 3.63) is 28.2 Å². The van der Waals surface area contributed by atoms with Gasteiger partial charge >= 0.3 is 0 Å². The highest BCUT2D eigenvalue weighted by molar-refractivity contribution is 6.35. The molecule has 19 heavy (non-hydrogen) atoms. The number of benzene rings is 1. The Labute approximate surface area is 124 Å². The number of carbonyl (C=O) groups is 1. The van der Waals surface area contributed by atoms with Gasteiger partial charge in [-0.25, -0.2) is 0 Å². The van der Waals surface area contributed by atoms with Gasteiger partial charge in [-0.1, -0.05) is 49.9 Å². The summed E-state index contributed by atoms with van der Waals surface area (Å²) in [5.74, 6) is 0.838. The molecule has 1 N–H and O–H groups in total. The Morgan fingerprint density at radius 1 is 1.32 bits per heavy atom. The lowest BCUT2D eigenvalue weighted by Gasteiger charge is -2.13. The van der Waals surface area contributed by atoms with E-state index in [0.29, 0.717) is 28.3 Å². The third kappa shape index (κ3) is 5.70. The second-order valence-corrected chi connectivity index (χ2v) is 5.19. The average molecular weight is 304 g/mol. The van der Waals surface area contributed by atoms with Crippen molar-refractivity contribution in [1.29, 1.82) is 0 Å². The van der Waals surface area contributed by atoms with Crippen LogP contribution in [0.25, 0.3) is 0 Å². The highest BCUT2D eigenvalue weighted by atomic mass is 35.5. The van der Waals surface area contributed by atoms with Gasteiger partial charge in [0.05, 0.1) is 5.02 Å². The number of ether oxygens (including phenoxy) is 1. The third-order valence-electron chi connectivity index (χ3n) is 3.00. The van der Waals surface area contributed by atoms with Crippen LogP contribution in [0, 0.1) is 5.92 Å². The fourth-order valence-electron chi connectivity index (χ4n) is 1.62. The van der Waals surface area contributed by atoms with Crippen LogP contribution >= 0.6 is 23.2 Å². The van der Waals surface area contributed by atoms with E-state index in [4.69, 9.17) is 27.9 Å². The predicted molar refractivity (Wildman–Crippen MR) is 79.0 cm³/mol. The van der Waals surface area contributed by atoms with E-state index in [2.05, 4.69) is 19.2 Å². The molecule has 0 radical (unpaired) electrons. The molecule has 0 atom stereocenters. The number of halogens is 2. The van der Waals surface area contributed by atoms with E-state index < -0.39 is 0 Å². The van der Waals surface area contributed by atoms with E-state index in [1.807, 2.05) is 0 Å². The highest BCUT2D eigenvalue weighted by Crippen LogP contribution is 2.27. The first-order valence-corrected chi connectivity index (χ1v) is 7.16. The second kappa shape index (κ2) is 8.28. The number of carbonyl (C=O) groups excluding carboxylic acids is 1. The number of rotatable bonds is 7. The maximum absolute atomic E-state index is 11.6. The van der Waals surface area contributed by atoms with Gasteiger partial charge in [-0.3, -0.25) is 4.79 Å².